The Kier molecular flexibility index (Phi) is 5.24. The van der Waals surface area contributed by atoms with Gasteiger partial charge in [-0.25, -0.2) is 12.8 Å². The quantitative estimate of drug-likeness (QED) is 0.871. The van der Waals surface area contributed by atoms with Crippen LogP contribution < -0.4 is 0 Å². The Morgan fingerprint density at radius 1 is 1.30 bits per heavy atom. The van der Waals surface area contributed by atoms with Crippen LogP contribution in [0.4, 0.5) is 4.39 Å². The van der Waals surface area contributed by atoms with Crippen LogP contribution in [0.1, 0.15) is 24.5 Å². The molecule has 5 nitrogen and oxygen atoms in total. The van der Waals surface area contributed by atoms with Gasteiger partial charge in [-0.3, -0.25) is 4.79 Å². The first-order valence-electron chi connectivity index (χ1n) is 6.18. The minimum atomic E-state index is -3.82. The Labute approximate surface area is 118 Å². The maximum Gasteiger partial charge on any atom is 0.304 e. The molecule has 1 aromatic rings. The van der Waals surface area contributed by atoms with Crippen molar-refractivity contribution in [2.75, 3.05) is 13.1 Å². The summed E-state index contributed by atoms with van der Waals surface area (Å²) in [6.45, 7) is 4.73. The number of nitrogens with zero attached hydrogens (tertiary/aromatic N) is 1. The van der Waals surface area contributed by atoms with Gasteiger partial charge in [0, 0.05) is 13.1 Å². The lowest BCUT2D eigenvalue weighted by Gasteiger charge is -2.22. The van der Waals surface area contributed by atoms with Crippen molar-refractivity contribution < 1.29 is 22.7 Å². The minimum Gasteiger partial charge on any atom is -0.481 e. The summed E-state index contributed by atoms with van der Waals surface area (Å²) in [4.78, 5) is 10.6. The van der Waals surface area contributed by atoms with E-state index in [0.717, 1.165) is 16.4 Å². The average molecular weight is 303 g/mol. The fourth-order valence-electron chi connectivity index (χ4n) is 2.10. The molecule has 7 heteroatoms. The number of benzene rings is 1. The maximum atomic E-state index is 13.2. The predicted octanol–water partition coefficient (Wildman–Crippen LogP) is 1.93. The van der Waals surface area contributed by atoms with E-state index in [2.05, 4.69) is 0 Å². The minimum absolute atomic E-state index is 0.0474. The van der Waals surface area contributed by atoms with E-state index in [1.165, 1.54) is 13.8 Å². The monoisotopic (exact) mass is 303 g/mol. The Balaban J connectivity index is 3.24. The largest absolute Gasteiger partial charge is 0.481 e. The molecular formula is C13H18FNO4S. The van der Waals surface area contributed by atoms with Crippen molar-refractivity contribution >= 4 is 16.0 Å². The number of sulfonamides is 1. The van der Waals surface area contributed by atoms with Crippen LogP contribution in [0.25, 0.3) is 0 Å². The lowest BCUT2D eigenvalue weighted by molar-refractivity contribution is -0.137. The third kappa shape index (κ3) is 3.55. The fraction of sp³-hybridized carbons (Fsp3) is 0.462. The van der Waals surface area contributed by atoms with Crippen LogP contribution in [-0.2, 0) is 14.8 Å². The zero-order valence-corrected chi connectivity index (χ0v) is 12.5. The SMILES string of the molecule is CCN(CCC(=O)O)S(=O)(=O)c1c(C)cc(F)cc1C. The number of carboxylic acid groups (broad SMARTS) is 1. The topological polar surface area (TPSA) is 74.7 Å². The van der Waals surface area contributed by atoms with Crippen LogP contribution in [0.2, 0.25) is 0 Å². The molecule has 1 N–H and O–H groups in total. The van der Waals surface area contributed by atoms with Crippen LogP contribution in [0, 0.1) is 19.7 Å². The highest BCUT2D eigenvalue weighted by atomic mass is 32.2. The van der Waals surface area contributed by atoms with Crippen molar-refractivity contribution in [3.05, 3.63) is 29.1 Å². The molecule has 0 aliphatic rings. The van der Waals surface area contributed by atoms with Gasteiger partial charge in [0.1, 0.15) is 5.82 Å². The summed E-state index contributed by atoms with van der Waals surface area (Å²) in [6, 6.07) is 2.32. The Bertz CT molecular complexity index is 590. The maximum absolute atomic E-state index is 13.2. The standard InChI is InChI=1S/C13H18FNO4S/c1-4-15(6-5-12(16)17)20(18,19)13-9(2)7-11(14)8-10(13)3/h7-8H,4-6H2,1-3H3,(H,16,17). The van der Waals surface area contributed by atoms with Gasteiger partial charge in [-0.05, 0) is 37.1 Å². The lowest BCUT2D eigenvalue weighted by Crippen LogP contribution is -2.33. The van der Waals surface area contributed by atoms with Crippen molar-refractivity contribution in [2.45, 2.75) is 32.1 Å². The zero-order chi connectivity index (χ0) is 15.5. The van der Waals surface area contributed by atoms with Gasteiger partial charge in [-0.1, -0.05) is 6.92 Å². The van der Waals surface area contributed by atoms with Crippen LogP contribution >= 0.6 is 0 Å². The first-order chi connectivity index (χ1) is 9.20. The third-order valence-electron chi connectivity index (χ3n) is 2.95. The molecule has 112 valence electrons. The van der Waals surface area contributed by atoms with E-state index in [4.69, 9.17) is 5.11 Å². The van der Waals surface area contributed by atoms with E-state index >= 15 is 0 Å². The molecule has 0 fully saturated rings. The Morgan fingerprint density at radius 3 is 2.20 bits per heavy atom. The van der Waals surface area contributed by atoms with Gasteiger partial charge in [-0.15, -0.1) is 0 Å². The first kappa shape index (κ1) is 16.6. The Morgan fingerprint density at radius 2 is 1.80 bits per heavy atom. The number of hydrogen-bond acceptors (Lipinski definition) is 3. The van der Waals surface area contributed by atoms with Crippen molar-refractivity contribution in [2.24, 2.45) is 0 Å². The molecule has 1 rings (SSSR count). The third-order valence-corrected chi connectivity index (χ3v) is 5.23. The second-order valence-electron chi connectivity index (χ2n) is 4.51. The summed E-state index contributed by atoms with van der Waals surface area (Å²) in [5.41, 5.74) is 0.632. The number of aliphatic carboxylic acids is 1. The molecule has 0 unspecified atom stereocenters. The van der Waals surface area contributed by atoms with Crippen LogP contribution in [-0.4, -0.2) is 36.9 Å². The van der Waals surface area contributed by atoms with E-state index in [1.807, 2.05) is 0 Å². The molecule has 0 saturated carbocycles. The van der Waals surface area contributed by atoms with Gasteiger partial charge in [0.05, 0.1) is 11.3 Å². The number of carboxylic acids is 1. The number of carbonyl (C=O) groups is 1. The highest BCUT2D eigenvalue weighted by Gasteiger charge is 2.27. The molecule has 0 radical (unpaired) electrons. The van der Waals surface area contributed by atoms with Gasteiger partial charge in [0.15, 0.2) is 0 Å². The van der Waals surface area contributed by atoms with E-state index in [0.29, 0.717) is 11.1 Å². The molecule has 0 saturated heterocycles. The summed E-state index contributed by atoms with van der Waals surface area (Å²) < 4.78 is 39.4. The predicted molar refractivity (Wildman–Crippen MR) is 72.6 cm³/mol. The van der Waals surface area contributed by atoms with E-state index in [9.17, 15) is 17.6 Å². The summed E-state index contributed by atoms with van der Waals surface area (Å²) in [7, 11) is -3.82. The summed E-state index contributed by atoms with van der Waals surface area (Å²) >= 11 is 0. The van der Waals surface area contributed by atoms with Gasteiger partial charge < -0.3 is 5.11 Å². The number of aryl methyl sites for hydroxylation is 2. The zero-order valence-electron chi connectivity index (χ0n) is 11.7. The second-order valence-corrected chi connectivity index (χ2v) is 6.38. The van der Waals surface area contributed by atoms with E-state index in [1.54, 1.807) is 6.92 Å². The smallest absolute Gasteiger partial charge is 0.304 e. The fourth-order valence-corrected chi connectivity index (χ4v) is 3.96. The van der Waals surface area contributed by atoms with Gasteiger partial charge >= 0.3 is 5.97 Å². The lowest BCUT2D eigenvalue weighted by atomic mass is 10.1. The van der Waals surface area contributed by atoms with Gasteiger partial charge in [0.2, 0.25) is 10.0 Å². The number of hydrogen-bond donors (Lipinski definition) is 1. The average Bonchev–Trinajstić information content (AvgIpc) is 2.26. The molecule has 0 atom stereocenters. The second kappa shape index (κ2) is 6.32. The van der Waals surface area contributed by atoms with Crippen LogP contribution in [0.3, 0.4) is 0 Å². The summed E-state index contributed by atoms with van der Waals surface area (Å²) in [5, 5.41) is 8.67. The van der Waals surface area contributed by atoms with Crippen molar-refractivity contribution in [3.8, 4) is 0 Å². The first-order valence-corrected chi connectivity index (χ1v) is 7.62. The highest BCUT2D eigenvalue weighted by molar-refractivity contribution is 7.89. The molecule has 0 amide bonds. The molecular weight excluding hydrogens is 285 g/mol. The molecule has 0 heterocycles. The molecule has 0 aliphatic heterocycles. The van der Waals surface area contributed by atoms with Gasteiger partial charge in [0.25, 0.3) is 0 Å². The van der Waals surface area contributed by atoms with Crippen molar-refractivity contribution in [1.29, 1.82) is 0 Å². The molecule has 0 bridgehead atoms. The molecule has 0 aromatic heterocycles. The molecule has 0 spiro atoms. The van der Waals surface area contributed by atoms with E-state index < -0.39 is 21.8 Å². The van der Waals surface area contributed by atoms with Crippen LogP contribution in [0.5, 0.6) is 0 Å². The molecule has 0 aliphatic carbocycles. The number of rotatable bonds is 6. The molecule has 20 heavy (non-hydrogen) atoms. The van der Waals surface area contributed by atoms with Crippen molar-refractivity contribution in [1.82, 2.24) is 4.31 Å². The van der Waals surface area contributed by atoms with E-state index in [-0.39, 0.29) is 24.4 Å². The number of halogens is 1. The summed E-state index contributed by atoms with van der Waals surface area (Å²) in [5.74, 6) is -1.56. The highest BCUT2D eigenvalue weighted by Crippen LogP contribution is 2.25. The summed E-state index contributed by atoms with van der Waals surface area (Å²) in [6.07, 6.45) is -0.271. The van der Waals surface area contributed by atoms with Gasteiger partial charge in [-0.2, -0.15) is 4.31 Å². The van der Waals surface area contributed by atoms with Crippen molar-refractivity contribution in [3.63, 3.8) is 0 Å². The molecule has 1 aromatic carbocycles. The van der Waals surface area contributed by atoms with Crippen LogP contribution in [0.15, 0.2) is 17.0 Å². The Hall–Kier alpha value is -1.47. The normalized spacial score (nSPS) is 11.8.